The van der Waals surface area contributed by atoms with Crippen LogP contribution in [0.5, 0.6) is 0 Å². The zero-order chi connectivity index (χ0) is 11.7. The van der Waals surface area contributed by atoms with Gasteiger partial charge in [-0.05, 0) is 62.9 Å². The maximum atomic E-state index is 6.37. The molecule has 2 fully saturated rings. The van der Waals surface area contributed by atoms with Gasteiger partial charge >= 0.3 is 0 Å². The van der Waals surface area contributed by atoms with Gasteiger partial charge < -0.3 is 4.74 Å². The van der Waals surface area contributed by atoms with Crippen LogP contribution in [0.15, 0.2) is 11.1 Å². The molecule has 0 N–H and O–H groups in total. The molecule has 1 saturated carbocycles. The number of ether oxygens (including phenoxy) is 1. The molecule has 1 heteroatoms. The van der Waals surface area contributed by atoms with E-state index in [4.69, 9.17) is 4.74 Å². The van der Waals surface area contributed by atoms with Gasteiger partial charge in [0.15, 0.2) is 0 Å². The summed E-state index contributed by atoms with van der Waals surface area (Å²) in [6, 6.07) is 0. The Morgan fingerprint density at radius 1 is 1.12 bits per heavy atom. The number of hydrogen-bond acceptors (Lipinski definition) is 1. The molecule has 0 unspecified atom stereocenters. The Bertz CT molecular complexity index is 366. The zero-order valence-electron chi connectivity index (χ0n) is 11.3. The molecule has 0 amide bonds. The second-order valence-electron chi connectivity index (χ2n) is 7.33. The van der Waals surface area contributed by atoms with Gasteiger partial charge in [-0.2, -0.15) is 0 Å². The highest BCUT2D eigenvalue weighted by Crippen LogP contribution is 2.61. The minimum Gasteiger partial charge on any atom is -0.367 e. The Kier molecular flexibility index (Phi) is 1.98. The molecule has 0 radical (unpaired) electrons. The van der Waals surface area contributed by atoms with Crippen LogP contribution in [0, 0.1) is 17.3 Å². The Hall–Kier alpha value is -0.300. The summed E-state index contributed by atoms with van der Waals surface area (Å²) in [7, 11) is 0. The number of rotatable bonds is 0. The summed E-state index contributed by atoms with van der Waals surface area (Å²) in [5.41, 5.74) is 3.80. The van der Waals surface area contributed by atoms with Crippen molar-refractivity contribution < 1.29 is 4.74 Å². The molecule has 3 rings (SSSR count). The molecular weight excluding hydrogens is 196 g/mol. The molecule has 0 aromatic heterocycles. The SMILES string of the molecule is CC1=C(C)[C@@H]2O[C@](C)(C1)[C@H]1CC(C)(C)C[C@@H]21. The standard InChI is InChI=1S/C15H24O/c1-9-6-15(5)12-8-14(3,4)7-11(12)13(16-15)10(9)2/h11-13H,6-8H2,1-5H3/t11-,12+,13+,15-/m1/s1. The van der Waals surface area contributed by atoms with Gasteiger partial charge in [-0.25, -0.2) is 0 Å². The summed E-state index contributed by atoms with van der Waals surface area (Å²) in [4.78, 5) is 0. The molecule has 0 aromatic carbocycles. The van der Waals surface area contributed by atoms with Gasteiger partial charge in [0.25, 0.3) is 0 Å². The van der Waals surface area contributed by atoms with Crippen molar-refractivity contribution in [3.05, 3.63) is 11.1 Å². The molecule has 16 heavy (non-hydrogen) atoms. The van der Waals surface area contributed by atoms with Gasteiger partial charge in [-0.1, -0.05) is 19.4 Å². The second-order valence-corrected chi connectivity index (χ2v) is 7.33. The first-order valence-corrected chi connectivity index (χ1v) is 6.66. The molecule has 2 heterocycles. The fourth-order valence-corrected chi connectivity index (χ4v) is 4.55. The van der Waals surface area contributed by atoms with Crippen LogP contribution in [0.4, 0.5) is 0 Å². The van der Waals surface area contributed by atoms with Crippen molar-refractivity contribution in [2.24, 2.45) is 17.3 Å². The van der Waals surface area contributed by atoms with E-state index in [2.05, 4.69) is 34.6 Å². The molecule has 1 saturated heterocycles. The fraction of sp³-hybridized carbons (Fsp3) is 0.867. The summed E-state index contributed by atoms with van der Waals surface area (Å²) in [6.07, 6.45) is 4.30. The van der Waals surface area contributed by atoms with Gasteiger partial charge in [-0.15, -0.1) is 0 Å². The monoisotopic (exact) mass is 220 g/mol. The number of hydrogen-bond donors (Lipinski definition) is 0. The Morgan fingerprint density at radius 2 is 1.81 bits per heavy atom. The Morgan fingerprint density at radius 3 is 2.50 bits per heavy atom. The minimum absolute atomic E-state index is 0.146. The molecule has 0 spiro atoms. The maximum absolute atomic E-state index is 6.37. The van der Waals surface area contributed by atoms with Gasteiger partial charge in [0, 0.05) is 0 Å². The van der Waals surface area contributed by atoms with Crippen molar-refractivity contribution in [3.8, 4) is 0 Å². The van der Waals surface area contributed by atoms with Crippen LogP contribution in [0.1, 0.15) is 53.9 Å². The maximum Gasteiger partial charge on any atom is 0.0824 e. The second kappa shape index (κ2) is 2.93. The lowest BCUT2D eigenvalue weighted by molar-refractivity contribution is -0.0533. The van der Waals surface area contributed by atoms with E-state index in [0.717, 1.165) is 18.3 Å². The van der Waals surface area contributed by atoms with E-state index in [1.54, 1.807) is 5.57 Å². The van der Waals surface area contributed by atoms with Crippen molar-refractivity contribution in [3.63, 3.8) is 0 Å². The third-order valence-electron chi connectivity index (χ3n) is 5.36. The molecule has 3 aliphatic rings. The molecule has 0 aromatic rings. The Balaban J connectivity index is 2.01. The third kappa shape index (κ3) is 1.27. The summed E-state index contributed by atoms with van der Waals surface area (Å²) < 4.78 is 6.37. The minimum atomic E-state index is 0.146. The molecule has 1 nitrogen and oxygen atoms in total. The largest absolute Gasteiger partial charge is 0.367 e. The van der Waals surface area contributed by atoms with Crippen LogP contribution < -0.4 is 0 Å². The van der Waals surface area contributed by atoms with E-state index >= 15 is 0 Å². The molecule has 1 aliphatic carbocycles. The van der Waals surface area contributed by atoms with Crippen molar-refractivity contribution in [1.82, 2.24) is 0 Å². The predicted octanol–water partition coefficient (Wildman–Crippen LogP) is 3.94. The average Bonchev–Trinajstić information content (AvgIpc) is 2.57. The van der Waals surface area contributed by atoms with Crippen molar-refractivity contribution >= 4 is 0 Å². The van der Waals surface area contributed by atoms with Gasteiger partial charge in [0.2, 0.25) is 0 Å². The van der Waals surface area contributed by atoms with E-state index in [1.807, 2.05) is 0 Å². The topological polar surface area (TPSA) is 9.23 Å². The van der Waals surface area contributed by atoms with Gasteiger partial charge in [0.05, 0.1) is 11.7 Å². The molecule has 4 atom stereocenters. The van der Waals surface area contributed by atoms with Crippen molar-refractivity contribution in [2.75, 3.05) is 0 Å². The van der Waals surface area contributed by atoms with Crippen LogP contribution in [0.3, 0.4) is 0 Å². The van der Waals surface area contributed by atoms with Crippen molar-refractivity contribution in [2.45, 2.75) is 65.6 Å². The summed E-state index contributed by atoms with van der Waals surface area (Å²) in [5, 5.41) is 0. The summed E-state index contributed by atoms with van der Waals surface area (Å²) in [5.74, 6) is 1.58. The highest BCUT2D eigenvalue weighted by molar-refractivity contribution is 5.28. The van der Waals surface area contributed by atoms with E-state index in [0.29, 0.717) is 11.5 Å². The summed E-state index contributed by atoms with van der Waals surface area (Å²) >= 11 is 0. The van der Waals surface area contributed by atoms with Crippen LogP contribution in [-0.4, -0.2) is 11.7 Å². The predicted molar refractivity (Wildman–Crippen MR) is 66.3 cm³/mol. The van der Waals surface area contributed by atoms with Gasteiger partial charge in [0.1, 0.15) is 0 Å². The third-order valence-corrected chi connectivity index (χ3v) is 5.36. The first-order valence-electron chi connectivity index (χ1n) is 6.66. The molecule has 90 valence electrons. The zero-order valence-corrected chi connectivity index (χ0v) is 11.3. The summed E-state index contributed by atoms with van der Waals surface area (Å²) in [6.45, 7) is 11.8. The lowest BCUT2D eigenvalue weighted by Gasteiger charge is -2.36. The highest BCUT2D eigenvalue weighted by atomic mass is 16.5. The average molecular weight is 220 g/mol. The van der Waals surface area contributed by atoms with E-state index in [-0.39, 0.29) is 5.60 Å². The normalized spacial score (nSPS) is 49.7. The lowest BCUT2D eigenvalue weighted by Crippen LogP contribution is -2.36. The van der Waals surface area contributed by atoms with E-state index in [1.165, 1.54) is 18.4 Å². The first-order chi connectivity index (χ1) is 7.32. The first kappa shape index (κ1) is 10.8. The van der Waals surface area contributed by atoms with Crippen molar-refractivity contribution in [1.29, 1.82) is 0 Å². The van der Waals surface area contributed by atoms with E-state index in [9.17, 15) is 0 Å². The highest BCUT2D eigenvalue weighted by Gasteiger charge is 2.59. The lowest BCUT2D eigenvalue weighted by atomic mass is 9.80. The van der Waals surface area contributed by atoms with Crippen LogP contribution in [-0.2, 0) is 4.74 Å². The Labute approximate surface area is 99.3 Å². The smallest absolute Gasteiger partial charge is 0.0824 e. The molecule has 2 bridgehead atoms. The number of fused-ring (bicyclic) bond motifs is 5. The van der Waals surface area contributed by atoms with Crippen LogP contribution in [0.25, 0.3) is 0 Å². The fourth-order valence-electron chi connectivity index (χ4n) is 4.55. The van der Waals surface area contributed by atoms with E-state index < -0.39 is 0 Å². The van der Waals surface area contributed by atoms with Gasteiger partial charge in [-0.3, -0.25) is 0 Å². The van der Waals surface area contributed by atoms with Crippen LogP contribution >= 0.6 is 0 Å². The van der Waals surface area contributed by atoms with Crippen LogP contribution in [0.2, 0.25) is 0 Å². The molecular formula is C15H24O. The quantitative estimate of drug-likeness (QED) is 0.562. The molecule has 2 aliphatic heterocycles.